The number of nitrogens with zero attached hydrogens (tertiary/aromatic N) is 1. The minimum Gasteiger partial charge on any atom is -0.454 e. The number of anilines is 1. The number of rotatable bonds is 6. The first-order valence-corrected chi connectivity index (χ1v) is 10.3. The highest BCUT2D eigenvalue weighted by Crippen LogP contribution is 2.37. The fourth-order valence-electron chi connectivity index (χ4n) is 3.10. The van der Waals surface area contributed by atoms with Crippen LogP contribution in [0.4, 0.5) is 24.5 Å². The summed E-state index contributed by atoms with van der Waals surface area (Å²) in [5.41, 5.74) is 2.17. The van der Waals surface area contributed by atoms with Crippen LogP contribution < -0.4 is 10.1 Å². The van der Waals surface area contributed by atoms with Gasteiger partial charge in [0.1, 0.15) is 5.75 Å². The quantitative estimate of drug-likeness (QED) is 0.351. The molecule has 0 unspecified atom stereocenters. The summed E-state index contributed by atoms with van der Waals surface area (Å²) in [7, 11) is 0. The van der Waals surface area contributed by atoms with Crippen LogP contribution in [0.25, 0.3) is 4.85 Å². The average molecular weight is 503 g/mol. The van der Waals surface area contributed by atoms with E-state index in [-0.39, 0.29) is 33.6 Å². The zero-order chi connectivity index (χ0) is 23.4. The number of ether oxygens (including phenoxy) is 1. The molecule has 8 heteroatoms. The maximum Gasteiger partial charge on any atom is 0.262 e. The van der Waals surface area contributed by atoms with Gasteiger partial charge in [0.25, 0.3) is 6.43 Å². The van der Waals surface area contributed by atoms with E-state index in [2.05, 4.69) is 26.1 Å². The molecule has 1 N–H and O–H groups in total. The van der Waals surface area contributed by atoms with E-state index in [1.807, 2.05) is 26.0 Å². The van der Waals surface area contributed by atoms with Crippen molar-refractivity contribution in [3.05, 3.63) is 92.5 Å². The number of alkyl halides is 2. The van der Waals surface area contributed by atoms with Crippen molar-refractivity contribution in [2.45, 2.75) is 26.7 Å². The summed E-state index contributed by atoms with van der Waals surface area (Å²) in [4.78, 5) is 15.6. The maximum absolute atomic E-state index is 15.1. The molecule has 4 nitrogen and oxygen atoms in total. The molecule has 0 aliphatic heterocycles. The molecule has 0 spiro atoms. The Morgan fingerprint density at radius 3 is 2.56 bits per heavy atom. The predicted octanol–water partition coefficient (Wildman–Crippen LogP) is 7.67. The summed E-state index contributed by atoms with van der Waals surface area (Å²) in [6, 6.07) is 11.8. The molecule has 0 radical (unpaired) electrons. The van der Waals surface area contributed by atoms with Gasteiger partial charge in [-0.15, -0.1) is 0 Å². The van der Waals surface area contributed by atoms with E-state index in [0.29, 0.717) is 5.69 Å². The van der Waals surface area contributed by atoms with Gasteiger partial charge in [-0.3, -0.25) is 4.79 Å². The topological polar surface area (TPSA) is 42.7 Å². The molecule has 3 aromatic rings. The van der Waals surface area contributed by atoms with Gasteiger partial charge < -0.3 is 10.1 Å². The van der Waals surface area contributed by atoms with E-state index in [1.54, 1.807) is 6.07 Å². The summed E-state index contributed by atoms with van der Waals surface area (Å²) in [5, 5.41) is 2.76. The molecule has 0 aliphatic carbocycles. The molecule has 164 valence electrons. The Morgan fingerprint density at radius 1 is 1.16 bits per heavy atom. The van der Waals surface area contributed by atoms with Crippen LogP contribution in [-0.2, 0) is 11.2 Å². The van der Waals surface area contributed by atoms with Crippen LogP contribution in [0.3, 0.4) is 0 Å². The van der Waals surface area contributed by atoms with Gasteiger partial charge in [-0.1, -0.05) is 23.8 Å². The van der Waals surface area contributed by atoms with Crippen molar-refractivity contribution in [3.63, 3.8) is 0 Å². The third-order valence-corrected chi connectivity index (χ3v) is 5.28. The van der Waals surface area contributed by atoms with Gasteiger partial charge in [0, 0.05) is 16.8 Å². The van der Waals surface area contributed by atoms with Crippen molar-refractivity contribution < 1.29 is 22.7 Å². The molecule has 32 heavy (non-hydrogen) atoms. The molecule has 0 aliphatic rings. The standard InChI is InChI=1S/C24H18BrF3N2O2/c1-13-4-7-20(14(2)8-13)30-21(31)11-15-5-6-19(25)23(22(15)26)32-18-10-16(24(27)28)9-17(12-18)29-3/h4-10,12,24H,11H2,1-2H3,(H,30,31). The molecular weight excluding hydrogens is 485 g/mol. The molecule has 0 saturated carbocycles. The lowest BCUT2D eigenvalue weighted by Gasteiger charge is -2.14. The van der Waals surface area contributed by atoms with Crippen LogP contribution in [-0.4, -0.2) is 5.91 Å². The minimum atomic E-state index is -2.81. The second-order valence-corrected chi connectivity index (χ2v) is 8.02. The normalized spacial score (nSPS) is 10.7. The third kappa shape index (κ3) is 5.48. The van der Waals surface area contributed by atoms with Crippen molar-refractivity contribution in [1.29, 1.82) is 0 Å². The summed E-state index contributed by atoms with van der Waals surface area (Å²) in [6.07, 6.45) is -3.07. The van der Waals surface area contributed by atoms with Crippen molar-refractivity contribution in [1.82, 2.24) is 0 Å². The number of carbonyl (C=O) groups excluding carboxylic acids is 1. The number of nitrogens with one attached hydrogen (secondary N) is 1. The molecule has 0 bridgehead atoms. The molecular formula is C24H18BrF3N2O2. The zero-order valence-corrected chi connectivity index (χ0v) is 18.8. The van der Waals surface area contributed by atoms with Crippen LogP contribution in [0.5, 0.6) is 11.5 Å². The molecule has 3 aromatic carbocycles. The zero-order valence-electron chi connectivity index (χ0n) is 17.2. The van der Waals surface area contributed by atoms with Gasteiger partial charge in [0.2, 0.25) is 5.91 Å². The Morgan fingerprint density at radius 2 is 1.91 bits per heavy atom. The summed E-state index contributed by atoms with van der Waals surface area (Å²) >= 11 is 3.18. The number of carbonyl (C=O) groups is 1. The molecule has 1 amide bonds. The van der Waals surface area contributed by atoms with E-state index in [9.17, 15) is 13.6 Å². The second-order valence-electron chi connectivity index (χ2n) is 7.17. The van der Waals surface area contributed by atoms with Crippen LogP contribution >= 0.6 is 15.9 Å². The van der Waals surface area contributed by atoms with Crippen LogP contribution in [0, 0.1) is 26.2 Å². The Labute approximate surface area is 192 Å². The number of hydrogen-bond acceptors (Lipinski definition) is 2. The molecule has 0 aromatic heterocycles. The number of benzene rings is 3. The van der Waals surface area contributed by atoms with Crippen molar-refractivity contribution >= 4 is 33.2 Å². The highest BCUT2D eigenvalue weighted by molar-refractivity contribution is 9.10. The smallest absolute Gasteiger partial charge is 0.262 e. The van der Waals surface area contributed by atoms with Crippen LogP contribution in [0.2, 0.25) is 0 Å². The number of amides is 1. The first-order valence-electron chi connectivity index (χ1n) is 9.50. The van der Waals surface area contributed by atoms with E-state index in [1.165, 1.54) is 18.2 Å². The SMILES string of the molecule is [C-]#[N+]c1cc(Oc2c(Br)ccc(CC(=O)Nc3ccc(C)cc3C)c2F)cc(C(F)F)c1. The third-order valence-electron chi connectivity index (χ3n) is 4.65. The fourth-order valence-corrected chi connectivity index (χ4v) is 3.48. The second kappa shape index (κ2) is 9.88. The van der Waals surface area contributed by atoms with E-state index in [4.69, 9.17) is 11.3 Å². The Bertz CT molecular complexity index is 1220. The number of hydrogen-bond donors (Lipinski definition) is 1. The number of halogens is 4. The Balaban J connectivity index is 1.85. The Kier molecular flexibility index (Phi) is 7.21. The largest absolute Gasteiger partial charge is 0.454 e. The monoisotopic (exact) mass is 502 g/mol. The van der Waals surface area contributed by atoms with Gasteiger partial charge in [0.05, 0.1) is 17.5 Å². The van der Waals surface area contributed by atoms with Gasteiger partial charge in [0.15, 0.2) is 17.3 Å². The molecule has 0 saturated heterocycles. The summed E-state index contributed by atoms with van der Waals surface area (Å²) in [6.45, 7) is 10.9. The number of aryl methyl sites for hydroxylation is 2. The lowest BCUT2D eigenvalue weighted by atomic mass is 10.1. The predicted molar refractivity (Wildman–Crippen MR) is 120 cm³/mol. The molecule has 0 atom stereocenters. The first-order chi connectivity index (χ1) is 15.2. The van der Waals surface area contributed by atoms with Gasteiger partial charge in [-0.2, -0.15) is 0 Å². The molecule has 3 rings (SSSR count). The highest BCUT2D eigenvalue weighted by Gasteiger charge is 2.19. The summed E-state index contributed by atoms with van der Waals surface area (Å²) < 4.78 is 47.1. The maximum atomic E-state index is 15.1. The molecule has 0 fully saturated rings. The van der Waals surface area contributed by atoms with Crippen molar-refractivity contribution in [3.8, 4) is 11.5 Å². The van der Waals surface area contributed by atoms with Gasteiger partial charge >= 0.3 is 0 Å². The van der Waals surface area contributed by atoms with Gasteiger partial charge in [-0.25, -0.2) is 18.0 Å². The lowest BCUT2D eigenvalue weighted by molar-refractivity contribution is -0.115. The summed E-state index contributed by atoms with van der Waals surface area (Å²) in [5.74, 6) is -1.59. The van der Waals surface area contributed by atoms with E-state index < -0.39 is 23.7 Å². The Hall–Kier alpha value is -3.31. The van der Waals surface area contributed by atoms with E-state index in [0.717, 1.165) is 23.3 Å². The fraction of sp³-hybridized carbons (Fsp3) is 0.167. The lowest BCUT2D eigenvalue weighted by Crippen LogP contribution is -2.16. The van der Waals surface area contributed by atoms with Crippen molar-refractivity contribution in [2.24, 2.45) is 0 Å². The van der Waals surface area contributed by atoms with Gasteiger partial charge in [-0.05, 0) is 65.7 Å². The van der Waals surface area contributed by atoms with E-state index >= 15 is 4.39 Å². The first kappa shape index (κ1) is 23.4. The van der Waals surface area contributed by atoms with Crippen molar-refractivity contribution in [2.75, 3.05) is 5.32 Å². The highest BCUT2D eigenvalue weighted by atomic mass is 79.9. The van der Waals surface area contributed by atoms with Crippen LogP contribution in [0.1, 0.15) is 28.7 Å². The average Bonchev–Trinajstić information content (AvgIpc) is 2.75. The van der Waals surface area contributed by atoms with Crippen LogP contribution in [0.15, 0.2) is 53.0 Å². The molecule has 0 heterocycles. The minimum absolute atomic E-state index is 0.0571.